The summed E-state index contributed by atoms with van der Waals surface area (Å²) in [5.74, 6) is 0.574. The SMILES string of the molecule is NCC(C1CCCCC1)n1sc2ccccc2c1=O. The smallest absolute Gasteiger partial charge is 0.268 e. The van der Waals surface area contributed by atoms with Gasteiger partial charge < -0.3 is 5.73 Å². The Morgan fingerprint density at radius 2 is 2.00 bits per heavy atom. The van der Waals surface area contributed by atoms with Crippen molar-refractivity contribution in [2.24, 2.45) is 11.7 Å². The van der Waals surface area contributed by atoms with Crippen molar-refractivity contribution >= 4 is 21.6 Å². The van der Waals surface area contributed by atoms with Crippen LogP contribution in [0.4, 0.5) is 0 Å². The molecule has 1 unspecified atom stereocenters. The van der Waals surface area contributed by atoms with Gasteiger partial charge in [-0.15, -0.1) is 0 Å². The summed E-state index contributed by atoms with van der Waals surface area (Å²) < 4.78 is 3.00. The van der Waals surface area contributed by atoms with Gasteiger partial charge >= 0.3 is 0 Å². The summed E-state index contributed by atoms with van der Waals surface area (Å²) >= 11 is 1.57. The predicted molar refractivity (Wildman–Crippen MR) is 80.8 cm³/mol. The van der Waals surface area contributed by atoms with Crippen molar-refractivity contribution in [3.8, 4) is 0 Å². The monoisotopic (exact) mass is 276 g/mol. The number of hydrogen-bond acceptors (Lipinski definition) is 3. The molecular formula is C15H20N2OS. The molecule has 1 aliphatic carbocycles. The molecule has 1 aromatic carbocycles. The Morgan fingerprint density at radius 1 is 1.26 bits per heavy atom. The van der Waals surface area contributed by atoms with Crippen LogP contribution in [0, 0.1) is 5.92 Å². The lowest BCUT2D eigenvalue weighted by Crippen LogP contribution is -2.32. The van der Waals surface area contributed by atoms with E-state index < -0.39 is 0 Å². The molecule has 0 radical (unpaired) electrons. The number of nitrogens with two attached hydrogens (primary N) is 1. The minimum absolute atomic E-state index is 0.140. The third-order valence-corrected chi connectivity index (χ3v) is 5.44. The number of nitrogens with zero attached hydrogens (tertiary/aromatic N) is 1. The third-order valence-electron chi connectivity index (χ3n) is 4.25. The highest BCUT2D eigenvalue weighted by molar-refractivity contribution is 7.13. The molecule has 1 aliphatic rings. The third kappa shape index (κ3) is 2.35. The van der Waals surface area contributed by atoms with Gasteiger partial charge in [0.15, 0.2) is 0 Å². The number of fused-ring (bicyclic) bond motifs is 1. The maximum atomic E-state index is 12.5. The fourth-order valence-corrected chi connectivity index (χ4v) is 4.39. The zero-order chi connectivity index (χ0) is 13.2. The van der Waals surface area contributed by atoms with Gasteiger partial charge in [0.05, 0.1) is 16.1 Å². The highest BCUT2D eigenvalue weighted by atomic mass is 32.1. The Bertz CT molecular complexity index is 610. The van der Waals surface area contributed by atoms with E-state index in [0.717, 1.165) is 10.1 Å². The average Bonchev–Trinajstić information content (AvgIpc) is 2.79. The lowest BCUT2D eigenvalue weighted by atomic mass is 9.84. The van der Waals surface area contributed by atoms with Crippen LogP contribution >= 0.6 is 11.5 Å². The molecule has 4 heteroatoms. The molecular weight excluding hydrogens is 256 g/mol. The van der Waals surface area contributed by atoms with Crippen LogP contribution in [-0.2, 0) is 0 Å². The molecule has 0 aliphatic heterocycles. The van der Waals surface area contributed by atoms with E-state index in [1.165, 1.54) is 32.1 Å². The Morgan fingerprint density at radius 3 is 2.68 bits per heavy atom. The largest absolute Gasteiger partial charge is 0.328 e. The topological polar surface area (TPSA) is 48.0 Å². The van der Waals surface area contributed by atoms with E-state index in [0.29, 0.717) is 12.5 Å². The molecule has 2 aromatic rings. The van der Waals surface area contributed by atoms with E-state index in [-0.39, 0.29) is 11.6 Å². The van der Waals surface area contributed by atoms with Crippen molar-refractivity contribution in [2.45, 2.75) is 38.1 Å². The van der Waals surface area contributed by atoms with Gasteiger partial charge in [0, 0.05) is 6.54 Å². The van der Waals surface area contributed by atoms with Gasteiger partial charge in [0.25, 0.3) is 5.56 Å². The summed E-state index contributed by atoms with van der Waals surface area (Å²) in [7, 11) is 0. The summed E-state index contributed by atoms with van der Waals surface area (Å²) in [6.45, 7) is 0.567. The van der Waals surface area contributed by atoms with Crippen LogP contribution in [0.5, 0.6) is 0 Å². The van der Waals surface area contributed by atoms with Gasteiger partial charge in [-0.2, -0.15) is 0 Å². The summed E-state index contributed by atoms with van der Waals surface area (Å²) in [6.07, 6.45) is 6.31. The first-order valence-corrected chi connectivity index (χ1v) is 7.89. The van der Waals surface area contributed by atoms with Crippen LogP contribution in [0.3, 0.4) is 0 Å². The predicted octanol–water partition coefficient (Wildman–Crippen LogP) is 3.14. The van der Waals surface area contributed by atoms with E-state index in [9.17, 15) is 4.79 Å². The van der Waals surface area contributed by atoms with E-state index in [2.05, 4.69) is 0 Å². The Kier molecular flexibility index (Phi) is 3.71. The zero-order valence-corrected chi connectivity index (χ0v) is 11.9. The highest BCUT2D eigenvalue weighted by Crippen LogP contribution is 2.33. The molecule has 102 valence electrons. The molecule has 0 saturated heterocycles. The molecule has 1 heterocycles. The van der Waals surface area contributed by atoms with Gasteiger partial charge in [-0.1, -0.05) is 42.9 Å². The van der Waals surface area contributed by atoms with Crippen LogP contribution in [0.1, 0.15) is 38.1 Å². The molecule has 1 saturated carbocycles. The van der Waals surface area contributed by atoms with Gasteiger partial charge in [0.1, 0.15) is 0 Å². The number of rotatable bonds is 3. The second kappa shape index (κ2) is 5.47. The normalized spacial score (nSPS) is 18.8. The lowest BCUT2D eigenvalue weighted by Gasteiger charge is -2.29. The van der Waals surface area contributed by atoms with Gasteiger partial charge in [-0.3, -0.25) is 8.75 Å². The van der Waals surface area contributed by atoms with Crippen LogP contribution in [0.25, 0.3) is 10.1 Å². The van der Waals surface area contributed by atoms with Crippen molar-refractivity contribution in [1.29, 1.82) is 0 Å². The molecule has 1 atom stereocenters. The van der Waals surface area contributed by atoms with Crippen LogP contribution in [0.2, 0.25) is 0 Å². The van der Waals surface area contributed by atoms with Crippen molar-refractivity contribution < 1.29 is 0 Å². The van der Waals surface area contributed by atoms with Gasteiger partial charge in [0.2, 0.25) is 0 Å². The minimum Gasteiger partial charge on any atom is -0.328 e. The summed E-state index contributed by atoms with van der Waals surface area (Å²) in [4.78, 5) is 12.5. The van der Waals surface area contributed by atoms with Crippen LogP contribution in [0.15, 0.2) is 29.1 Å². The fraction of sp³-hybridized carbons (Fsp3) is 0.533. The highest BCUT2D eigenvalue weighted by Gasteiger charge is 2.26. The van der Waals surface area contributed by atoms with Crippen LogP contribution in [-0.4, -0.2) is 10.5 Å². The molecule has 2 N–H and O–H groups in total. The summed E-state index contributed by atoms with van der Waals surface area (Å²) in [5.41, 5.74) is 6.11. The average molecular weight is 276 g/mol. The standard InChI is InChI=1S/C15H20N2OS/c16-10-13(11-6-2-1-3-7-11)17-15(18)12-8-4-5-9-14(12)19-17/h4-5,8-9,11,13H,1-3,6-7,10,16H2. The summed E-state index contributed by atoms with van der Waals surface area (Å²) in [6, 6.07) is 8.04. The number of hydrogen-bond donors (Lipinski definition) is 1. The zero-order valence-electron chi connectivity index (χ0n) is 11.0. The molecule has 19 heavy (non-hydrogen) atoms. The van der Waals surface area contributed by atoms with E-state index in [4.69, 9.17) is 5.73 Å². The number of benzene rings is 1. The Hall–Kier alpha value is -1.13. The first kappa shape index (κ1) is 12.9. The lowest BCUT2D eigenvalue weighted by molar-refractivity contribution is 0.261. The van der Waals surface area contributed by atoms with Crippen LogP contribution < -0.4 is 11.3 Å². The van der Waals surface area contributed by atoms with Gasteiger partial charge in [-0.25, -0.2) is 0 Å². The van der Waals surface area contributed by atoms with E-state index in [1.807, 2.05) is 28.2 Å². The number of aromatic nitrogens is 1. The van der Waals surface area contributed by atoms with Crippen molar-refractivity contribution in [3.05, 3.63) is 34.6 Å². The van der Waals surface area contributed by atoms with E-state index >= 15 is 0 Å². The first-order chi connectivity index (χ1) is 9.31. The molecule has 1 fully saturated rings. The maximum absolute atomic E-state index is 12.5. The second-order valence-corrected chi connectivity index (χ2v) is 6.44. The molecule has 0 spiro atoms. The van der Waals surface area contributed by atoms with Crippen molar-refractivity contribution in [2.75, 3.05) is 6.54 Å². The minimum atomic E-state index is 0.140. The fourth-order valence-electron chi connectivity index (χ4n) is 3.21. The molecule has 0 bridgehead atoms. The molecule has 1 aromatic heterocycles. The molecule has 0 amide bonds. The molecule has 3 rings (SSSR count). The Balaban J connectivity index is 2.01. The van der Waals surface area contributed by atoms with Crippen molar-refractivity contribution in [3.63, 3.8) is 0 Å². The Labute approximate surface area is 117 Å². The maximum Gasteiger partial charge on any atom is 0.268 e. The quantitative estimate of drug-likeness (QED) is 0.936. The van der Waals surface area contributed by atoms with E-state index in [1.54, 1.807) is 11.5 Å². The van der Waals surface area contributed by atoms with Gasteiger partial charge in [-0.05, 0) is 30.9 Å². The first-order valence-electron chi connectivity index (χ1n) is 7.12. The van der Waals surface area contributed by atoms with Crippen molar-refractivity contribution in [1.82, 2.24) is 3.96 Å². The second-order valence-electron chi connectivity index (χ2n) is 5.42. The summed E-state index contributed by atoms with van der Waals surface area (Å²) in [5, 5.41) is 0.835. The molecule has 3 nitrogen and oxygen atoms in total.